The Morgan fingerprint density at radius 2 is 1.17 bits per heavy atom. The van der Waals surface area contributed by atoms with Crippen molar-refractivity contribution in [2.45, 2.75) is 20.8 Å². The Labute approximate surface area is 206 Å². The first kappa shape index (κ1) is 23.4. The largest absolute Gasteiger partial charge is 0.462 e. The highest BCUT2D eigenvalue weighted by molar-refractivity contribution is 5.77. The highest BCUT2D eigenvalue weighted by Gasteiger charge is 2.13. The lowest BCUT2D eigenvalue weighted by molar-refractivity contribution is 0.318. The van der Waals surface area contributed by atoms with Crippen molar-refractivity contribution in [2.75, 3.05) is 4.90 Å². The Hall–Kier alpha value is -4.80. The molecular weight excluding hydrogens is 430 g/mol. The summed E-state index contributed by atoms with van der Waals surface area (Å²) in [6.45, 7) is 5.97. The minimum atomic E-state index is 0.0650. The van der Waals surface area contributed by atoms with E-state index in [2.05, 4.69) is 91.5 Å². The van der Waals surface area contributed by atoms with Gasteiger partial charge in [-0.1, -0.05) is 53.6 Å². The van der Waals surface area contributed by atoms with E-state index in [4.69, 9.17) is 15.3 Å². The van der Waals surface area contributed by atoms with E-state index in [9.17, 15) is 0 Å². The Bertz CT molecular complexity index is 1360. The number of ether oxygens (including phenoxy) is 1. The fourth-order valence-electron chi connectivity index (χ4n) is 3.79. The van der Waals surface area contributed by atoms with E-state index >= 15 is 0 Å². The topological polar surface area (TPSA) is 60.0 Å². The van der Waals surface area contributed by atoms with Gasteiger partial charge in [-0.15, -0.1) is 0 Å². The van der Waals surface area contributed by atoms with E-state index in [0.717, 1.165) is 22.6 Å². The van der Waals surface area contributed by atoms with Gasteiger partial charge in [-0.05, 0) is 81.0 Å². The number of nitriles is 2. The molecule has 0 radical (unpaired) electrons. The maximum Gasteiger partial charge on any atom is 0.137 e. The predicted molar refractivity (Wildman–Crippen MR) is 141 cm³/mol. The summed E-state index contributed by atoms with van der Waals surface area (Å²) in [6, 6.07) is 29.2. The normalized spacial score (nSPS) is 12.8. The van der Waals surface area contributed by atoms with Gasteiger partial charge in [0, 0.05) is 22.6 Å². The van der Waals surface area contributed by atoms with Crippen LogP contribution in [0.25, 0.3) is 6.08 Å². The van der Waals surface area contributed by atoms with Crippen molar-refractivity contribution >= 4 is 23.1 Å². The molecule has 170 valence electrons. The molecule has 0 spiro atoms. The number of hydrogen-bond donors (Lipinski definition) is 0. The lowest BCUT2D eigenvalue weighted by atomic mass is 10.1. The third kappa shape index (κ3) is 5.58. The SMILES string of the molecule is CC1=CC(=C(C#N)C#N)C=C(/C=C/c2ccc(N(c3ccc(C)cc3)c3ccc(C)cc3)cc2)O1. The van der Waals surface area contributed by atoms with Crippen molar-refractivity contribution in [3.8, 4) is 12.1 Å². The summed E-state index contributed by atoms with van der Waals surface area (Å²) in [4.78, 5) is 2.23. The predicted octanol–water partition coefficient (Wildman–Crippen LogP) is 7.95. The lowest BCUT2D eigenvalue weighted by Gasteiger charge is -2.26. The molecule has 3 aromatic carbocycles. The van der Waals surface area contributed by atoms with Crippen LogP contribution in [0.2, 0.25) is 0 Å². The molecule has 0 N–H and O–H groups in total. The van der Waals surface area contributed by atoms with Gasteiger partial charge in [0.25, 0.3) is 0 Å². The van der Waals surface area contributed by atoms with Crippen molar-refractivity contribution in [3.05, 3.63) is 130 Å². The van der Waals surface area contributed by atoms with Crippen molar-refractivity contribution in [3.63, 3.8) is 0 Å². The molecule has 0 amide bonds. The van der Waals surface area contributed by atoms with Gasteiger partial charge in [-0.3, -0.25) is 0 Å². The summed E-state index contributed by atoms with van der Waals surface area (Å²) in [5.41, 5.74) is 7.31. The van der Waals surface area contributed by atoms with Crippen LogP contribution in [-0.4, -0.2) is 0 Å². The summed E-state index contributed by atoms with van der Waals surface area (Å²) in [6.07, 6.45) is 7.19. The molecule has 0 aromatic heterocycles. The second kappa shape index (κ2) is 10.4. The molecule has 0 fully saturated rings. The molecule has 35 heavy (non-hydrogen) atoms. The smallest absolute Gasteiger partial charge is 0.137 e. The molecule has 1 aliphatic heterocycles. The van der Waals surface area contributed by atoms with Crippen LogP contribution < -0.4 is 4.90 Å². The summed E-state index contributed by atoms with van der Waals surface area (Å²) >= 11 is 0. The van der Waals surface area contributed by atoms with Crippen LogP contribution in [0, 0.1) is 36.5 Å². The fraction of sp³-hybridized carbons (Fsp3) is 0.0968. The lowest BCUT2D eigenvalue weighted by Crippen LogP contribution is -2.09. The van der Waals surface area contributed by atoms with Gasteiger partial charge in [0.2, 0.25) is 0 Å². The Morgan fingerprint density at radius 3 is 1.66 bits per heavy atom. The summed E-state index contributed by atoms with van der Waals surface area (Å²) in [7, 11) is 0. The summed E-state index contributed by atoms with van der Waals surface area (Å²) < 4.78 is 5.75. The van der Waals surface area contributed by atoms with Crippen LogP contribution in [0.1, 0.15) is 23.6 Å². The van der Waals surface area contributed by atoms with Crippen molar-refractivity contribution < 1.29 is 4.74 Å². The van der Waals surface area contributed by atoms with Gasteiger partial charge in [0.05, 0.1) is 0 Å². The van der Waals surface area contributed by atoms with Crippen molar-refractivity contribution in [2.24, 2.45) is 0 Å². The van der Waals surface area contributed by atoms with Crippen LogP contribution in [0.3, 0.4) is 0 Å². The van der Waals surface area contributed by atoms with Crippen LogP contribution in [-0.2, 0) is 4.74 Å². The number of rotatable bonds is 5. The Morgan fingerprint density at radius 1 is 0.686 bits per heavy atom. The van der Waals surface area contributed by atoms with E-state index in [-0.39, 0.29) is 5.57 Å². The van der Waals surface area contributed by atoms with Crippen LogP contribution in [0.5, 0.6) is 0 Å². The molecule has 1 heterocycles. The Balaban J connectivity index is 1.62. The zero-order chi connectivity index (χ0) is 24.8. The minimum absolute atomic E-state index is 0.0650. The van der Waals surface area contributed by atoms with Gasteiger partial charge in [0.1, 0.15) is 29.2 Å². The highest BCUT2D eigenvalue weighted by atomic mass is 16.5. The zero-order valence-corrected chi connectivity index (χ0v) is 20.0. The maximum atomic E-state index is 9.17. The Kier molecular flexibility index (Phi) is 6.96. The molecule has 0 saturated carbocycles. The molecule has 0 bridgehead atoms. The first-order valence-electron chi connectivity index (χ1n) is 11.3. The third-order valence-corrected chi connectivity index (χ3v) is 5.62. The van der Waals surface area contributed by atoms with Crippen LogP contribution >= 0.6 is 0 Å². The number of anilines is 3. The second-order valence-electron chi connectivity index (χ2n) is 8.39. The molecule has 4 nitrogen and oxygen atoms in total. The van der Waals surface area contributed by atoms with Gasteiger partial charge in [0.15, 0.2) is 0 Å². The fourth-order valence-corrected chi connectivity index (χ4v) is 3.79. The molecule has 0 atom stereocenters. The summed E-state index contributed by atoms with van der Waals surface area (Å²) in [5.74, 6) is 1.21. The standard InChI is InChI=1S/C31H25N3O/c1-22-4-11-28(12-5-22)34(29-13-6-23(2)7-14-29)30-15-8-25(9-16-30)10-17-31-19-26(18-24(3)35-31)27(20-32)21-33/h4-19H,1-3H3/b17-10+. The van der Waals surface area contributed by atoms with E-state index in [0.29, 0.717) is 17.1 Å². The summed E-state index contributed by atoms with van der Waals surface area (Å²) in [5, 5.41) is 18.3. The minimum Gasteiger partial charge on any atom is -0.462 e. The average molecular weight is 456 g/mol. The van der Waals surface area contributed by atoms with E-state index in [1.807, 2.05) is 24.3 Å². The number of benzene rings is 3. The van der Waals surface area contributed by atoms with E-state index in [1.54, 1.807) is 19.1 Å². The highest BCUT2D eigenvalue weighted by Crippen LogP contribution is 2.35. The third-order valence-electron chi connectivity index (χ3n) is 5.62. The van der Waals surface area contributed by atoms with E-state index in [1.165, 1.54) is 11.1 Å². The van der Waals surface area contributed by atoms with Crippen LogP contribution in [0.4, 0.5) is 17.1 Å². The number of hydrogen-bond acceptors (Lipinski definition) is 4. The first-order valence-corrected chi connectivity index (χ1v) is 11.3. The zero-order valence-electron chi connectivity index (χ0n) is 20.0. The molecule has 3 aromatic rings. The van der Waals surface area contributed by atoms with Gasteiger partial charge in [-0.2, -0.15) is 10.5 Å². The first-order chi connectivity index (χ1) is 17.0. The molecule has 4 rings (SSSR count). The van der Waals surface area contributed by atoms with E-state index < -0.39 is 0 Å². The average Bonchev–Trinajstić information content (AvgIpc) is 2.86. The number of allylic oxidation sites excluding steroid dienone is 6. The van der Waals surface area contributed by atoms with Gasteiger partial charge < -0.3 is 9.64 Å². The van der Waals surface area contributed by atoms with Crippen LogP contribution in [0.15, 0.2) is 114 Å². The van der Waals surface area contributed by atoms with Gasteiger partial charge >= 0.3 is 0 Å². The molecule has 1 aliphatic rings. The molecular formula is C31H25N3O. The quantitative estimate of drug-likeness (QED) is 0.366. The second-order valence-corrected chi connectivity index (χ2v) is 8.39. The molecule has 0 aliphatic carbocycles. The van der Waals surface area contributed by atoms with Crippen molar-refractivity contribution in [1.29, 1.82) is 10.5 Å². The van der Waals surface area contributed by atoms with Crippen molar-refractivity contribution in [1.82, 2.24) is 0 Å². The molecule has 0 unspecified atom stereocenters. The molecule has 0 saturated heterocycles. The van der Waals surface area contributed by atoms with Gasteiger partial charge in [-0.25, -0.2) is 0 Å². The molecule has 4 heteroatoms. The number of nitrogens with zero attached hydrogens (tertiary/aromatic N) is 3. The maximum absolute atomic E-state index is 9.17. The monoisotopic (exact) mass is 455 g/mol. The number of aryl methyl sites for hydroxylation is 2.